The number of carbonyl (C=O) groups excluding carboxylic acids is 2. The van der Waals surface area contributed by atoms with Gasteiger partial charge in [0, 0.05) is 32.0 Å². The number of carbonyl (C=O) groups is 2. The number of anilines is 1. The third-order valence-electron chi connectivity index (χ3n) is 5.51. The number of hydrogen-bond acceptors (Lipinski definition) is 7. The molecule has 184 valence electrons. The van der Waals surface area contributed by atoms with E-state index in [-0.39, 0.29) is 38.5 Å². The van der Waals surface area contributed by atoms with Crippen molar-refractivity contribution in [3.8, 4) is 11.5 Å². The molecule has 0 unspecified atom stereocenters. The monoisotopic (exact) mass is 520 g/mol. The molecule has 0 radical (unpaired) electrons. The molecule has 12 heteroatoms. The maximum atomic E-state index is 12.4. The Morgan fingerprint density at radius 1 is 1.23 bits per heavy atom. The number of nitrogens with zero attached hydrogens (tertiary/aromatic N) is 3. The van der Waals surface area contributed by atoms with E-state index in [1.165, 1.54) is 31.4 Å². The van der Waals surface area contributed by atoms with Crippen LogP contribution in [0.4, 0.5) is 10.5 Å². The summed E-state index contributed by atoms with van der Waals surface area (Å²) in [4.78, 5) is 36.7. The summed E-state index contributed by atoms with van der Waals surface area (Å²) in [6.07, 6.45) is 3.37. The van der Waals surface area contributed by atoms with Crippen LogP contribution < -0.4 is 20.6 Å². The number of esters is 1. The van der Waals surface area contributed by atoms with Gasteiger partial charge < -0.3 is 24.1 Å². The zero-order valence-electron chi connectivity index (χ0n) is 18.8. The topological polar surface area (TPSA) is 111 Å². The van der Waals surface area contributed by atoms with E-state index in [2.05, 4.69) is 21.7 Å². The van der Waals surface area contributed by atoms with Crippen molar-refractivity contribution in [2.45, 2.75) is 19.4 Å². The Morgan fingerprint density at radius 3 is 2.57 bits per heavy atom. The molecule has 1 N–H and O–H groups in total. The first-order chi connectivity index (χ1) is 16.8. The number of amides is 2. The van der Waals surface area contributed by atoms with E-state index in [9.17, 15) is 14.4 Å². The van der Waals surface area contributed by atoms with E-state index in [1.807, 2.05) is 0 Å². The molecule has 1 saturated heterocycles. The lowest BCUT2D eigenvalue weighted by molar-refractivity contribution is -0.132. The minimum absolute atomic E-state index is 0.00567. The Labute approximate surface area is 210 Å². The van der Waals surface area contributed by atoms with Gasteiger partial charge >= 0.3 is 12.0 Å². The van der Waals surface area contributed by atoms with E-state index < -0.39 is 12.0 Å². The molecule has 0 saturated carbocycles. The van der Waals surface area contributed by atoms with Crippen molar-refractivity contribution in [3.05, 3.63) is 63.1 Å². The maximum Gasteiger partial charge on any atom is 0.360 e. The van der Waals surface area contributed by atoms with Gasteiger partial charge in [-0.1, -0.05) is 29.8 Å². The van der Waals surface area contributed by atoms with Crippen molar-refractivity contribution in [2.24, 2.45) is 11.0 Å². The molecule has 1 aromatic carbocycles. The standard InChI is InChI=1S/C23H22Cl2N4O6/c1-13-20(22(31)33-2)27-29(23(32)26-13)15-9-17(24)21(18(25)10-15)35-16-3-4-19(30)28(12-16)11-14-5-7-34-8-6-14/h3-4,9-10,12,14H,1,5-8,11H2,2H3,(H,26,32). The molecule has 1 aromatic heterocycles. The third kappa shape index (κ3) is 5.50. The van der Waals surface area contributed by atoms with Gasteiger partial charge in [-0.3, -0.25) is 4.79 Å². The molecule has 0 atom stereocenters. The number of halogens is 2. The molecule has 10 nitrogen and oxygen atoms in total. The predicted molar refractivity (Wildman–Crippen MR) is 130 cm³/mol. The van der Waals surface area contributed by atoms with Gasteiger partial charge in [0.05, 0.1) is 28.5 Å². The van der Waals surface area contributed by atoms with Gasteiger partial charge in [0.1, 0.15) is 5.75 Å². The summed E-state index contributed by atoms with van der Waals surface area (Å²) in [6, 6.07) is 5.10. The highest BCUT2D eigenvalue weighted by Crippen LogP contribution is 2.40. The number of hydrogen-bond donors (Lipinski definition) is 1. The number of benzene rings is 1. The Morgan fingerprint density at radius 2 is 1.91 bits per heavy atom. The Balaban J connectivity index is 1.59. The Hall–Kier alpha value is -3.34. The largest absolute Gasteiger partial charge is 0.464 e. The molecule has 0 aliphatic carbocycles. The quantitative estimate of drug-likeness (QED) is 0.577. The highest BCUT2D eigenvalue weighted by Gasteiger charge is 2.30. The van der Waals surface area contributed by atoms with E-state index in [0.29, 0.717) is 31.4 Å². The lowest BCUT2D eigenvalue weighted by Crippen LogP contribution is -2.45. The van der Waals surface area contributed by atoms with Gasteiger partial charge in [-0.15, -0.1) is 0 Å². The maximum absolute atomic E-state index is 12.4. The van der Waals surface area contributed by atoms with Gasteiger partial charge in [-0.2, -0.15) is 10.1 Å². The van der Waals surface area contributed by atoms with Crippen molar-refractivity contribution in [1.29, 1.82) is 0 Å². The van der Waals surface area contributed by atoms with Gasteiger partial charge in [0.2, 0.25) is 0 Å². The molecule has 2 aromatic rings. The fraction of sp³-hybridized carbons (Fsp3) is 0.304. The highest BCUT2D eigenvalue weighted by molar-refractivity contribution is 6.44. The minimum Gasteiger partial charge on any atom is -0.464 e. The van der Waals surface area contributed by atoms with Crippen LogP contribution in [0.2, 0.25) is 10.0 Å². The fourth-order valence-corrected chi connectivity index (χ4v) is 4.24. The van der Waals surface area contributed by atoms with Crippen LogP contribution in [-0.2, 0) is 20.8 Å². The van der Waals surface area contributed by atoms with Crippen LogP contribution in [-0.4, -0.2) is 42.6 Å². The van der Waals surface area contributed by atoms with E-state index in [4.69, 9.17) is 32.7 Å². The second-order valence-electron chi connectivity index (χ2n) is 7.91. The molecule has 3 heterocycles. The summed E-state index contributed by atoms with van der Waals surface area (Å²) in [5.74, 6) is 0.0666. The predicted octanol–water partition coefficient (Wildman–Crippen LogP) is 3.95. The fourth-order valence-electron chi connectivity index (χ4n) is 3.69. The first-order valence-electron chi connectivity index (χ1n) is 10.7. The normalized spacial score (nSPS) is 16.5. The van der Waals surface area contributed by atoms with Gasteiger partial charge in [0.25, 0.3) is 5.56 Å². The number of ether oxygens (including phenoxy) is 3. The Kier molecular flexibility index (Phi) is 7.44. The summed E-state index contributed by atoms with van der Waals surface area (Å²) in [5.41, 5.74) is -0.130. The molecule has 4 rings (SSSR count). The molecular weight excluding hydrogens is 499 g/mol. The second-order valence-corrected chi connectivity index (χ2v) is 8.73. The van der Waals surface area contributed by atoms with Crippen LogP contribution in [0.5, 0.6) is 11.5 Å². The molecule has 35 heavy (non-hydrogen) atoms. The van der Waals surface area contributed by atoms with E-state index in [1.54, 1.807) is 10.8 Å². The zero-order chi connectivity index (χ0) is 25.1. The number of aromatic nitrogens is 1. The summed E-state index contributed by atoms with van der Waals surface area (Å²) in [7, 11) is 1.19. The molecular formula is C23H22Cl2N4O6. The zero-order valence-corrected chi connectivity index (χ0v) is 20.3. The van der Waals surface area contributed by atoms with Crippen LogP contribution in [0.3, 0.4) is 0 Å². The van der Waals surface area contributed by atoms with E-state index in [0.717, 1.165) is 17.9 Å². The summed E-state index contributed by atoms with van der Waals surface area (Å²) < 4.78 is 17.5. The minimum atomic E-state index is -0.770. The third-order valence-corrected chi connectivity index (χ3v) is 6.08. The summed E-state index contributed by atoms with van der Waals surface area (Å²) >= 11 is 12.9. The first kappa shape index (κ1) is 24.8. The molecule has 2 amide bonds. The van der Waals surface area contributed by atoms with Crippen molar-refractivity contribution in [2.75, 3.05) is 25.3 Å². The highest BCUT2D eigenvalue weighted by atomic mass is 35.5. The van der Waals surface area contributed by atoms with Crippen LogP contribution in [0.25, 0.3) is 0 Å². The first-order valence-corrected chi connectivity index (χ1v) is 11.4. The van der Waals surface area contributed by atoms with Gasteiger partial charge in [0.15, 0.2) is 11.5 Å². The lowest BCUT2D eigenvalue weighted by atomic mass is 10.0. The molecule has 2 aliphatic heterocycles. The molecule has 1 fully saturated rings. The van der Waals surface area contributed by atoms with Crippen molar-refractivity contribution >= 4 is 46.6 Å². The number of nitrogens with one attached hydrogen (secondary N) is 1. The van der Waals surface area contributed by atoms with Gasteiger partial charge in [-0.05, 0) is 37.0 Å². The number of hydrazone groups is 1. The summed E-state index contributed by atoms with van der Waals surface area (Å²) in [5, 5.41) is 7.53. The van der Waals surface area contributed by atoms with Crippen LogP contribution in [0.15, 0.2) is 52.6 Å². The molecule has 0 bridgehead atoms. The number of urea groups is 1. The number of methoxy groups -OCH3 is 1. The number of pyridine rings is 1. The van der Waals surface area contributed by atoms with Crippen LogP contribution >= 0.6 is 23.2 Å². The lowest BCUT2D eigenvalue weighted by Gasteiger charge is -2.25. The smallest absolute Gasteiger partial charge is 0.360 e. The van der Waals surface area contributed by atoms with Crippen molar-refractivity contribution in [1.82, 2.24) is 9.88 Å². The van der Waals surface area contributed by atoms with Crippen LogP contribution in [0.1, 0.15) is 12.8 Å². The molecule has 2 aliphatic rings. The average molecular weight is 521 g/mol. The van der Waals surface area contributed by atoms with Crippen molar-refractivity contribution in [3.63, 3.8) is 0 Å². The van der Waals surface area contributed by atoms with Crippen molar-refractivity contribution < 1.29 is 23.8 Å². The average Bonchev–Trinajstić information content (AvgIpc) is 2.83. The van der Waals surface area contributed by atoms with Crippen LogP contribution in [0, 0.1) is 5.92 Å². The van der Waals surface area contributed by atoms with E-state index >= 15 is 0 Å². The molecule has 0 spiro atoms. The Bertz CT molecular complexity index is 1250. The second kappa shape index (κ2) is 10.5. The van der Waals surface area contributed by atoms with Gasteiger partial charge in [-0.25, -0.2) is 9.59 Å². The SMILES string of the molecule is C=C1NC(=O)N(c2cc(Cl)c(Oc3ccc(=O)n(CC4CCOCC4)c3)c(Cl)c2)N=C1C(=O)OC. The number of rotatable bonds is 6. The summed E-state index contributed by atoms with van der Waals surface area (Å²) in [6.45, 7) is 5.51.